The Morgan fingerprint density at radius 1 is 1.50 bits per heavy atom. The molecule has 6 nitrogen and oxygen atoms in total. The van der Waals surface area contributed by atoms with Crippen LogP contribution in [0.2, 0.25) is 0 Å². The maximum Gasteiger partial charge on any atom is 0.270 e. The number of carbonyl (C=O) groups is 1. The fraction of sp³-hybridized carbons (Fsp3) is 0.385. The lowest BCUT2D eigenvalue weighted by Gasteiger charge is -2.31. The van der Waals surface area contributed by atoms with Crippen LogP contribution in [0.15, 0.2) is 22.7 Å². The number of rotatable bonds is 2. The SMILES string of the molecule is N#CC1CCCCN1C(=O)c1cc([N+](=O)[O-])ccc1Br. The van der Waals surface area contributed by atoms with Crippen LogP contribution in [0.1, 0.15) is 29.6 Å². The number of nitro groups is 1. The van der Waals surface area contributed by atoms with E-state index < -0.39 is 11.0 Å². The molecule has 1 aliphatic heterocycles. The van der Waals surface area contributed by atoms with E-state index in [-0.39, 0.29) is 17.2 Å². The third-order valence-corrected chi connectivity index (χ3v) is 4.00. The number of piperidine rings is 1. The predicted octanol–water partition coefficient (Wildman–Crippen LogP) is 2.88. The van der Waals surface area contributed by atoms with E-state index in [1.807, 2.05) is 0 Å². The summed E-state index contributed by atoms with van der Waals surface area (Å²) in [5.41, 5.74) is 0.0865. The van der Waals surface area contributed by atoms with Crippen LogP contribution in [0.5, 0.6) is 0 Å². The summed E-state index contributed by atoms with van der Waals surface area (Å²) in [6, 6.07) is 5.72. The second-order valence-corrected chi connectivity index (χ2v) is 5.41. The summed E-state index contributed by atoms with van der Waals surface area (Å²) in [6.07, 6.45) is 2.41. The summed E-state index contributed by atoms with van der Waals surface area (Å²) >= 11 is 3.24. The number of hydrogen-bond acceptors (Lipinski definition) is 4. The van der Waals surface area contributed by atoms with Crippen molar-refractivity contribution < 1.29 is 9.72 Å². The summed E-state index contributed by atoms with van der Waals surface area (Å²) in [5, 5.41) is 19.9. The number of nitrogens with zero attached hydrogens (tertiary/aromatic N) is 3. The van der Waals surface area contributed by atoms with Crippen LogP contribution in [0.25, 0.3) is 0 Å². The van der Waals surface area contributed by atoms with Gasteiger partial charge in [-0.25, -0.2) is 0 Å². The lowest BCUT2D eigenvalue weighted by Crippen LogP contribution is -2.43. The predicted molar refractivity (Wildman–Crippen MR) is 75.1 cm³/mol. The van der Waals surface area contributed by atoms with Crippen molar-refractivity contribution >= 4 is 27.5 Å². The van der Waals surface area contributed by atoms with Crippen LogP contribution in [0.4, 0.5) is 5.69 Å². The molecule has 1 aromatic rings. The molecule has 1 fully saturated rings. The Morgan fingerprint density at radius 3 is 2.90 bits per heavy atom. The highest BCUT2D eigenvalue weighted by molar-refractivity contribution is 9.10. The molecule has 1 aromatic carbocycles. The van der Waals surface area contributed by atoms with Crippen LogP contribution in [0.3, 0.4) is 0 Å². The normalized spacial score (nSPS) is 18.4. The minimum Gasteiger partial charge on any atom is -0.323 e. The van der Waals surface area contributed by atoms with Crippen LogP contribution in [-0.4, -0.2) is 28.3 Å². The first kappa shape index (κ1) is 14.5. The molecule has 0 aromatic heterocycles. The zero-order valence-electron chi connectivity index (χ0n) is 10.6. The van der Waals surface area contributed by atoms with Gasteiger partial charge in [0.15, 0.2) is 0 Å². The number of amides is 1. The van der Waals surface area contributed by atoms with E-state index in [9.17, 15) is 14.9 Å². The average molecular weight is 338 g/mol. The van der Waals surface area contributed by atoms with E-state index in [4.69, 9.17) is 5.26 Å². The quantitative estimate of drug-likeness (QED) is 0.613. The zero-order valence-corrected chi connectivity index (χ0v) is 12.2. The number of non-ortho nitro benzene ring substituents is 1. The molecule has 2 rings (SSSR count). The molecule has 1 saturated heterocycles. The molecule has 20 heavy (non-hydrogen) atoms. The third kappa shape index (κ3) is 2.80. The highest BCUT2D eigenvalue weighted by Gasteiger charge is 2.29. The summed E-state index contributed by atoms with van der Waals surface area (Å²) in [7, 11) is 0. The molecule has 1 aliphatic rings. The molecule has 0 N–H and O–H groups in total. The first-order valence-electron chi connectivity index (χ1n) is 6.19. The van der Waals surface area contributed by atoms with Gasteiger partial charge in [-0.1, -0.05) is 0 Å². The molecule has 0 saturated carbocycles. The van der Waals surface area contributed by atoms with Crippen LogP contribution in [-0.2, 0) is 0 Å². The summed E-state index contributed by atoms with van der Waals surface area (Å²) in [5.74, 6) is -0.341. The molecule has 7 heteroatoms. The summed E-state index contributed by atoms with van der Waals surface area (Å²) < 4.78 is 0.496. The van der Waals surface area contributed by atoms with E-state index in [0.29, 0.717) is 17.4 Å². The van der Waals surface area contributed by atoms with Crippen molar-refractivity contribution in [2.45, 2.75) is 25.3 Å². The third-order valence-electron chi connectivity index (χ3n) is 3.30. The van der Waals surface area contributed by atoms with Gasteiger partial charge in [0.25, 0.3) is 11.6 Å². The van der Waals surface area contributed by atoms with Gasteiger partial charge in [-0.05, 0) is 41.3 Å². The van der Waals surface area contributed by atoms with Crippen molar-refractivity contribution in [3.05, 3.63) is 38.3 Å². The number of benzene rings is 1. The van der Waals surface area contributed by atoms with Crippen LogP contribution < -0.4 is 0 Å². The van der Waals surface area contributed by atoms with Gasteiger partial charge in [-0.3, -0.25) is 14.9 Å². The maximum absolute atomic E-state index is 12.5. The fourth-order valence-electron chi connectivity index (χ4n) is 2.25. The molecule has 0 bridgehead atoms. The summed E-state index contributed by atoms with van der Waals surface area (Å²) in [6.45, 7) is 0.506. The largest absolute Gasteiger partial charge is 0.323 e. The first-order valence-corrected chi connectivity index (χ1v) is 6.98. The van der Waals surface area contributed by atoms with Gasteiger partial charge in [0.1, 0.15) is 6.04 Å². The first-order chi connectivity index (χ1) is 9.54. The average Bonchev–Trinajstić information content (AvgIpc) is 2.46. The smallest absolute Gasteiger partial charge is 0.270 e. The molecule has 1 unspecified atom stereocenters. The lowest BCUT2D eigenvalue weighted by atomic mass is 10.0. The van der Waals surface area contributed by atoms with Gasteiger partial charge in [-0.15, -0.1) is 0 Å². The Hall–Kier alpha value is -1.94. The molecule has 1 heterocycles. The van der Waals surface area contributed by atoms with E-state index >= 15 is 0 Å². The van der Waals surface area contributed by atoms with Crippen molar-refractivity contribution in [1.82, 2.24) is 4.90 Å². The zero-order chi connectivity index (χ0) is 14.7. The van der Waals surface area contributed by atoms with Crippen LogP contribution >= 0.6 is 15.9 Å². The maximum atomic E-state index is 12.5. The Kier molecular flexibility index (Phi) is 4.35. The minimum absolute atomic E-state index is 0.137. The second kappa shape index (κ2) is 6.01. The molecule has 0 spiro atoms. The Balaban J connectivity index is 2.35. The standard InChI is InChI=1S/C13H12BrN3O3/c14-12-5-4-9(17(19)20)7-11(12)13(18)16-6-2-1-3-10(16)8-15/h4-5,7,10H,1-3,6H2. The van der Waals surface area contributed by atoms with Gasteiger partial charge in [0, 0.05) is 23.2 Å². The molecular weight excluding hydrogens is 326 g/mol. The van der Waals surface area contributed by atoms with Crippen molar-refractivity contribution in [1.29, 1.82) is 5.26 Å². The Labute approximate surface area is 124 Å². The van der Waals surface area contributed by atoms with Crippen molar-refractivity contribution in [3.8, 4) is 6.07 Å². The van der Waals surface area contributed by atoms with Gasteiger partial charge < -0.3 is 4.90 Å². The number of nitro benzene ring substituents is 1. The highest BCUT2D eigenvalue weighted by atomic mass is 79.9. The van der Waals surface area contributed by atoms with E-state index in [1.54, 1.807) is 0 Å². The van der Waals surface area contributed by atoms with Gasteiger partial charge in [-0.2, -0.15) is 5.26 Å². The van der Waals surface area contributed by atoms with E-state index in [2.05, 4.69) is 22.0 Å². The lowest BCUT2D eigenvalue weighted by molar-refractivity contribution is -0.384. The summed E-state index contributed by atoms with van der Waals surface area (Å²) in [4.78, 5) is 24.2. The van der Waals surface area contributed by atoms with Gasteiger partial charge in [0.05, 0.1) is 16.6 Å². The number of halogens is 1. The molecule has 1 atom stereocenters. The highest BCUT2D eigenvalue weighted by Crippen LogP contribution is 2.26. The number of nitriles is 1. The molecule has 1 amide bonds. The van der Waals surface area contributed by atoms with E-state index in [0.717, 1.165) is 12.8 Å². The Morgan fingerprint density at radius 2 is 2.25 bits per heavy atom. The topological polar surface area (TPSA) is 87.2 Å². The van der Waals surface area contributed by atoms with Crippen molar-refractivity contribution in [2.75, 3.05) is 6.54 Å². The Bertz CT molecular complexity index is 597. The van der Waals surface area contributed by atoms with Gasteiger partial charge in [0.2, 0.25) is 0 Å². The molecule has 0 aliphatic carbocycles. The second-order valence-electron chi connectivity index (χ2n) is 4.56. The fourth-order valence-corrected chi connectivity index (χ4v) is 2.67. The molecular formula is C13H12BrN3O3. The number of hydrogen-bond donors (Lipinski definition) is 0. The van der Waals surface area contributed by atoms with Gasteiger partial charge >= 0.3 is 0 Å². The van der Waals surface area contributed by atoms with E-state index in [1.165, 1.54) is 23.1 Å². The monoisotopic (exact) mass is 337 g/mol. The molecule has 104 valence electrons. The van der Waals surface area contributed by atoms with Crippen LogP contribution in [0, 0.1) is 21.4 Å². The van der Waals surface area contributed by atoms with Crippen molar-refractivity contribution in [3.63, 3.8) is 0 Å². The minimum atomic E-state index is -0.540. The number of likely N-dealkylation sites (tertiary alicyclic amines) is 1. The van der Waals surface area contributed by atoms with Crippen molar-refractivity contribution in [2.24, 2.45) is 0 Å². The molecule has 0 radical (unpaired) electrons. The number of carbonyl (C=O) groups excluding carboxylic acids is 1.